The van der Waals surface area contributed by atoms with Crippen LogP contribution in [0.5, 0.6) is 0 Å². The van der Waals surface area contributed by atoms with Gasteiger partial charge in [-0.05, 0) is 12.8 Å². The van der Waals surface area contributed by atoms with Crippen molar-refractivity contribution in [3.8, 4) is 0 Å². The molecule has 0 saturated carbocycles. The lowest BCUT2D eigenvalue weighted by Crippen LogP contribution is -2.36. The Morgan fingerprint density at radius 1 is 1.53 bits per heavy atom. The molecule has 1 aromatic rings. The quantitative estimate of drug-likeness (QED) is 0.786. The zero-order valence-electron chi connectivity index (χ0n) is 10.8. The van der Waals surface area contributed by atoms with E-state index in [-0.39, 0.29) is 17.4 Å². The van der Waals surface area contributed by atoms with Gasteiger partial charge in [-0.3, -0.25) is 4.79 Å². The van der Waals surface area contributed by atoms with E-state index in [1.807, 2.05) is 0 Å². The van der Waals surface area contributed by atoms with Gasteiger partial charge in [0.1, 0.15) is 5.37 Å². The number of imidazole rings is 1. The molecule has 0 bridgehead atoms. The van der Waals surface area contributed by atoms with Crippen molar-refractivity contribution in [3.63, 3.8) is 0 Å². The maximum Gasteiger partial charge on any atom is 0.222 e. The fraction of sp³-hybridized carbons (Fsp3) is 0.636. The Hall–Kier alpha value is -1.41. The Morgan fingerprint density at radius 3 is 2.79 bits per heavy atom. The van der Waals surface area contributed by atoms with Gasteiger partial charge in [-0.15, -0.1) is 0 Å². The molecule has 0 aliphatic carbocycles. The maximum absolute atomic E-state index is 12.2. The van der Waals surface area contributed by atoms with Crippen molar-refractivity contribution < 1.29 is 13.2 Å². The third kappa shape index (κ3) is 2.79. The van der Waals surface area contributed by atoms with Gasteiger partial charge in [-0.2, -0.15) is 0 Å². The highest BCUT2D eigenvalue weighted by molar-refractivity contribution is 7.91. The van der Waals surface area contributed by atoms with Gasteiger partial charge in [0, 0.05) is 26.6 Å². The molecule has 0 radical (unpaired) electrons. The van der Waals surface area contributed by atoms with E-state index in [0.717, 1.165) is 6.42 Å². The summed E-state index contributed by atoms with van der Waals surface area (Å²) in [6, 6.07) is 0. The summed E-state index contributed by atoms with van der Waals surface area (Å²) >= 11 is 0. The van der Waals surface area contributed by atoms with Crippen molar-refractivity contribution in [1.29, 1.82) is 0 Å². The number of carbonyl (C=O) groups excluding carboxylic acids is 1. The number of aryl methyl sites for hydroxylation is 1. The van der Waals surface area contributed by atoms with E-state index < -0.39 is 15.2 Å². The van der Waals surface area contributed by atoms with Crippen molar-refractivity contribution in [2.75, 3.05) is 13.1 Å². The first-order valence-corrected chi connectivity index (χ1v) is 7.71. The summed E-state index contributed by atoms with van der Waals surface area (Å²) < 4.78 is 25.8. The van der Waals surface area contributed by atoms with Crippen LogP contribution in [-0.4, -0.2) is 47.2 Å². The van der Waals surface area contributed by atoms with Gasteiger partial charge in [-0.25, -0.2) is 13.4 Å². The smallest absolute Gasteiger partial charge is 0.222 e. The average Bonchev–Trinajstić information content (AvgIpc) is 2.95. The molecule has 1 aliphatic rings. The molecule has 106 valence electrons. The molecule has 1 fully saturated rings. The molecule has 1 atom stereocenters. The molecule has 2 heterocycles. The van der Waals surface area contributed by atoms with E-state index in [9.17, 15) is 13.2 Å². The van der Waals surface area contributed by atoms with Gasteiger partial charge in [0.2, 0.25) is 15.7 Å². The number of nitrogens with zero attached hydrogens (tertiary/aromatic N) is 3. The normalized spacial score (nSPS) is 18.0. The predicted molar refractivity (Wildman–Crippen MR) is 68.8 cm³/mol. The lowest BCUT2D eigenvalue weighted by atomic mass is 10.4. The number of aromatic nitrogens is 2. The molecule has 2 rings (SSSR count). The summed E-state index contributed by atoms with van der Waals surface area (Å²) in [5.41, 5.74) is 5.77. The summed E-state index contributed by atoms with van der Waals surface area (Å²) in [6.45, 7) is 1.08. The molecule has 0 spiro atoms. The van der Waals surface area contributed by atoms with Gasteiger partial charge < -0.3 is 15.2 Å². The van der Waals surface area contributed by atoms with E-state index in [2.05, 4.69) is 4.98 Å². The van der Waals surface area contributed by atoms with Crippen LogP contribution in [0.2, 0.25) is 0 Å². The van der Waals surface area contributed by atoms with Crippen molar-refractivity contribution in [2.45, 2.75) is 29.7 Å². The molecule has 19 heavy (non-hydrogen) atoms. The van der Waals surface area contributed by atoms with Gasteiger partial charge in [0.05, 0.1) is 12.5 Å². The molecule has 1 saturated heterocycles. The summed E-state index contributed by atoms with van der Waals surface area (Å²) in [4.78, 5) is 16.9. The molecule has 7 nitrogen and oxygen atoms in total. The minimum atomic E-state index is -3.60. The number of nitrogens with two attached hydrogens (primary N) is 1. The highest BCUT2D eigenvalue weighted by Crippen LogP contribution is 2.16. The predicted octanol–water partition coefficient (Wildman–Crippen LogP) is -0.509. The molecule has 8 heteroatoms. The molecular formula is C11H18N4O3S. The number of likely N-dealkylation sites (tertiary alicyclic amines) is 1. The molecule has 1 amide bonds. The lowest BCUT2D eigenvalue weighted by Gasteiger charge is -2.18. The summed E-state index contributed by atoms with van der Waals surface area (Å²) in [5.74, 6) is 0.0742. The number of sulfone groups is 1. The first-order chi connectivity index (χ1) is 8.93. The molecule has 1 unspecified atom stereocenters. The Bertz CT molecular complexity index is 566. The highest BCUT2D eigenvalue weighted by atomic mass is 32.2. The van der Waals surface area contributed by atoms with Gasteiger partial charge in [-0.1, -0.05) is 0 Å². The van der Waals surface area contributed by atoms with Crippen molar-refractivity contribution >= 4 is 15.7 Å². The van der Waals surface area contributed by atoms with E-state index in [1.54, 1.807) is 11.9 Å². The number of hydrogen-bond acceptors (Lipinski definition) is 5. The highest BCUT2D eigenvalue weighted by Gasteiger charge is 2.28. The van der Waals surface area contributed by atoms with Crippen LogP contribution in [0.1, 0.15) is 19.3 Å². The monoisotopic (exact) mass is 286 g/mol. The fourth-order valence-electron chi connectivity index (χ4n) is 2.15. The Labute approximate surface area is 112 Å². The molecular weight excluding hydrogens is 268 g/mol. The van der Waals surface area contributed by atoms with Crippen molar-refractivity contribution in [2.24, 2.45) is 12.8 Å². The zero-order valence-corrected chi connectivity index (χ0v) is 11.6. The molecule has 1 aromatic heterocycles. The second kappa shape index (κ2) is 5.30. The summed E-state index contributed by atoms with van der Waals surface area (Å²) in [5, 5.41) is -0.913. The minimum Gasteiger partial charge on any atom is -0.343 e. The van der Waals surface area contributed by atoms with Gasteiger partial charge in [0.25, 0.3) is 0 Å². The van der Waals surface area contributed by atoms with E-state index in [4.69, 9.17) is 5.73 Å². The van der Waals surface area contributed by atoms with Crippen LogP contribution in [0.15, 0.2) is 17.6 Å². The van der Waals surface area contributed by atoms with Crippen LogP contribution in [0.4, 0.5) is 0 Å². The Balaban J connectivity index is 2.01. The molecule has 1 aliphatic heterocycles. The van der Waals surface area contributed by atoms with Gasteiger partial charge >= 0.3 is 0 Å². The maximum atomic E-state index is 12.2. The van der Waals surface area contributed by atoms with Crippen LogP contribution in [0, 0.1) is 0 Å². The number of carbonyl (C=O) groups is 1. The summed E-state index contributed by atoms with van der Waals surface area (Å²) in [6.07, 6.45) is 4.32. The second-order valence-electron chi connectivity index (χ2n) is 4.70. The van der Waals surface area contributed by atoms with Crippen LogP contribution < -0.4 is 5.73 Å². The topological polar surface area (TPSA) is 98.3 Å². The first-order valence-electron chi connectivity index (χ1n) is 6.16. The Kier molecular flexibility index (Phi) is 3.91. The molecule has 0 aromatic carbocycles. The van der Waals surface area contributed by atoms with E-state index in [1.165, 1.54) is 17.1 Å². The third-order valence-corrected chi connectivity index (χ3v) is 5.33. The first kappa shape index (κ1) is 14.0. The van der Waals surface area contributed by atoms with Gasteiger partial charge in [0.15, 0.2) is 5.03 Å². The zero-order chi connectivity index (χ0) is 14.0. The number of rotatable bonds is 5. The fourth-order valence-corrected chi connectivity index (χ4v) is 3.54. The minimum absolute atomic E-state index is 0.0742. The van der Waals surface area contributed by atoms with Crippen LogP contribution >= 0.6 is 0 Å². The van der Waals surface area contributed by atoms with Crippen molar-refractivity contribution in [3.05, 3.63) is 12.5 Å². The van der Waals surface area contributed by atoms with Crippen molar-refractivity contribution in [1.82, 2.24) is 14.5 Å². The number of hydrogen-bond donors (Lipinski definition) is 1. The SMILES string of the molecule is Cn1cncc1S(=O)(=O)C(N)CCN1CCCC1=O. The van der Waals surface area contributed by atoms with Crippen LogP contribution in [-0.2, 0) is 21.7 Å². The van der Waals surface area contributed by atoms with E-state index >= 15 is 0 Å². The number of amides is 1. The summed E-state index contributed by atoms with van der Waals surface area (Å²) in [7, 11) is -1.99. The second-order valence-corrected chi connectivity index (χ2v) is 6.81. The molecule has 2 N–H and O–H groups in total. The van der Waals surface area contributed by atoms with E-state index in [0.29, 0.717) is 19.5 Å². The third-order valence-electron chi connectivity index (χ3n) is 3.32. The average molecular weight is 286 g/mol. The lowest BCUT2D eigenvalue weighted by molar-refractivity contribution is -0.127. The van der Waals surface area contributed by atoms with Crippen LogP contribution in [0.25, 0.3) is 0 Å². The Morgan fingerprint density at radius 2 is 2.26 bits per heavy atom. The van der Waals surface area contributed by atoms with Crippen LogP contribution in [0.3, 0.4) is 0 Å². The standard InChI is InChI=1S/C11H18N4O3S/c1-14-8-13-7-11(14)19(17,18)9(12)4-6-15-5-2-3-10(15)16/h7-9H,2-6,12H2,1H3. The largest absolute Gasteiger partial charge is 0.343 e.